The Morgan fingerprint density at radius 1 is 0.970 bits per heavy atom. The molecule has 1 atom stereocenters. The Morgan fingerprint density at radius 2 is 1.67 bits per heavy atom. The van der Waals surface area contributed by atoms with Crippen molar-refractivity contribution in [1.29, 1.82) is 0 Å². The smallest absolute Gasteiger partial charge is 0.150 e. The molecule has 2 heterocycles. The van der Waals surface area contributed by atoms with Crippen molar-refractivity contribution in [3.63, 3.8) is 0 Å². The van der Waals surface area contributed by atoms with Crippen LogP contribution in [0.5, 0.6) is 17.2 Å². The first-order valence-corrected chi connectivity index (χ1v) is 11.6. The van der Waals surface area contributed by atoms with E-state index in [-0.39, 0.29) is 17.4 Å². The Morgan fingerprint density at radius 3 is 2.36 bits per heavy atom. The first-order valence-electron chi connectivity index (χ1n) is 12.6. The molecule has 0 bridgehead atoms. The highest BCUT2D eigenvalue weighted by Crippen LogP contribution is 2.47. The third-order valence-electron chi connectivity index (χ3n) is 6.54. The highest BCUT2D eigenvalue weighted by atomic mass is 16.5. The van der Waals surface area contributed by atoms with Crippen molar-refractivity contribution in [3.05, 3.63) is 89.0 Å². The van der Waals surface area contributed by atoms with Crippen LogP contribution in [0.25, 0.3) is 11.1 Å². The summed E-state index contributed by atoms with van der Waals surface area (Å²) in [7, 11) is 0. The van der Waals surface area contributed by atoms with Crippen LogP contribution in [-0.2, 0) is 6.37 Å². The molecule has 1 unspecified atom stereocenters. The van der Waals surface area contributed by atoms with Crippen molar-refractivity contribution in [3.8, 4) is 17.2 Å². The Bertz CT molecular complexity index is 1250. The molecule has 33 heavy (non-hydrogen) atoms. The van der Waals surface area contributed by atoms with Crippen LogP contribution < -0.4 is 4.74 Å². The van der Waals surface area contributed by atoms with E-state index in [1.165, 1.54) is 0 Å². The van der Waals surface area contributed by atoms with Crippen molar-refractivity contribution in [2.24, 2.45) is 5.92 Å². The molecule has 1 saturated heterocycles. The minimum atomic E-state index is -1.39. The van der Waals surface area contributed by atoms with Crippen LogP contribution in [0, 0.1) is 5.92 Å². The molecule has 3 aromatic carbocycles. The fourth-order valence-corrected chi connectivity index (χ4v) is 4.84. The molecule has 2 aliphatic heterocycles. The van der Waals surface area contributed by atoms with Gasteiger partial charge in [-0.3, -0.25) is 0 Å². The van der Waals surface area contributed by atoms with E-state index >= 15 is 0 Å². The molecular weight excluding hydrogens is 410 g/mol. The second kappa shape index (κ2) is 8.95. The number of likely N-dealkylation sites (tertiary alicyclic amines) is 1. The summed E-state index contributed by atoms with van der Waals surface area (Å²) < 4.78 is 23.9. The van der Waals surface area contributed by atoms with Crippen molar-refractivity contribution >= 4 is 11.1 Å². The number of ether oxygens (including phenoxy) is 1. The van der Waals surface area contributed by atoms with E-state index in [1.54, 1.807) is 24.3 Å². The molecule has 4 nitrogen and oxygen atoms in total. The Kier molecular flexibility index (Phi) is 5.22. The van der Waals surface area contributed by atoms with Gasteiger partial charge in [0.05, 0.1) is 0 Å². The third kappa shape index (κ3) is 4.36. The third-order valence-corrected chi connectivity index (χ3v) is 6.54. The maximum Gasteiger partial charge on any atom is 0.150 e. The quantitative estimate of drug-likeness (QED) is 0.487. The first kappa shape index (κ1) is 19.2. The highest BCUT2D eigenvalue weighted by molar-refractivity contribution is 5.95. The maximum atomic E-state index is 10.0. The molecule has 4 heteroatoms. The number of hydrogen-bond acceptors (Lipinski definition) is 4. The summed E-state index contributed by atoms with van der Waals surface area (Å²) in [5.74, 6) is 0.950. The van der Waals surface area contributed by atoms with E-state index in [4.69, 9.17) is 7.48 Å². The predicted molar refractivity (Wildman–Crippen MR) is 132 cm³/mol. The van der Waals surface area contributed by atoms with Gasteiger partial charge in [-0.25, -0.2) is 0 Å². The average molecular weight is 444 g/mol. The fraction of sp³-hybridized carbons (Fsp3) is 0.310. The molecule has 0 saturated carbocycles. The van der Waals surface area contributed by atoms with E-state index in [2.05, 4.69) is 11.8 Å². The molecule has 2 N–H and O–H groups in total. The molecule has 0 aromatic heterocycles. The van der Waals surface area contributed by atoms with Gasteiger partial charge >= 0.3 is 0 Å². The van der Waals surface area contributed by atoms with Crippen LogP contribution >= 0.6 is 0 Å². The molecular formula is C29H31NO3. The van der Waals surface area contributed by atoms with Gasteiger partial charge in [-0.2, -0.15) is 0 Å². The highest BCUT2D eigenvalue weighted by Gasteiger charge is 2.30. The molecule has 2 aliphatic rings. The lowest BCUT2D eigenvalue weighted by Crippen LogP contribution is -2.47. The topological polar surface area (TPSA) is 52.9 Å². The normalized spacial score (nSPS) is 19.9. The zero-order chi connectivity index (χ0) is 24.7. The zero-order valence-electron chi connectivity index (χ0n) is 21.1. The number of allylic oxidation sites excluding steroid dienone is 1. The van der Waals surface area contributed by atoms with Crippen LogP contribution in [0.15, 0.2) is 66.7 Å². The number of fused-ring (bicyclic) bond motifs is 1. The number of phenolic OH excluding ortho intramolecular Hbond substituents is 2. The number of benzene rings is 3. The van der Waals surface area contributed by atoms with E-state index < -0.39 is 12.5 Å². The number of rotatable bonds is 6. The van der Waals surface area contributed by atoms with Gasteiger partial charge in [0.25, 0.3) is 0 Å². The number of aromatic hydroxyl groups is 2. The largest absolute Gasteiger partial charge is 0.508 e. The number of hydrogen-bond donors (Lipinski definition) is 2. The summed E-state index contributed by atoms with van der Waals surface area (Å²) in [4.78, 5) is 2.30. The van der Waals surface area contributed by atoms with Crippen molar-refractivity contribution in [2.45, 2.75) is 32.7 Å². The summed E-state index contributed by atoms with van der Waals surface area (Å²) in [5.41, 5.74) is 5.45. The lowest BCUT2D eigenvalue weighted by Gasteiger charge is -2.39. The van der Waals surface area contributed by atoms with Gasteiger partial charge in [-0.15, -0.1) is 0 Å². The van der Waals surface area contributed by atoms with E-state index in [1.807, 2.05) is 49.4 Å². The summed E-state index contributed by atoms with van der Waals surface area (Å²) in [6.07, 6.45) is -0.735. The molecule has 170 valence electrons. The molecule has 0 radical (unpaired) electrons. The van der Waals surface area contributed by atoms with Gasteiger partial charge in [-0.1, -0.05) is 43.3 Å². The zero-order valence-corrected chi connectivity index (χ0v) is 19.1. The fourth-order valence-electron chi connectivity index (χ4n) is 4.84. The summed E-state index contributed by atoms with van der Waals surface area (Å²) >= 11 is 0. The Balaban J connectivity index is 1.49. The Hall–Kier alpha value is -3.24. The summed E-state index contributed by atoms with van der Waals surface area (Å²) in [6, 6.07) is 19.9. The summed E-state index contributed by atoms with van der Waals surface area (Å²) in [5, 5.41) is 19.8. The SMILES string of the molecule is [2H]C([2H])(c1ccc(C2Oc3cc(O)ccc3C(C)=C2c2ccc(O)cc2)cc1)C1CN(CCC)C1. The minimum absolute atomic E-state index is 0.00428. The van der Waals surface area contributed by atoms with Crippen LogP contribution in [0.3, 0.4) is 0 Å². The second-order valence-electron chi connectivity index (χ2n) is 8.99. The molecule has 1 fully saturated rings. The maximum absolute atomic E-state index is 10.0. The molecule has 5 rings (SSSR count). The summed E-state index contributed by atoms with van der Waals surface area (Å²) in [6.45, 7) is 6.80. The predicted octanol–water partition coefficient (Wildman–Crippen LogP) is 6.05. The van der Waals surface area contributed by atoms with Gasteiger partial charge in [0.1, 0.15) is 23.4 Å². The molecule has 0 amide bonds. The first-order chi connectivity index (χ1) is 16.8. The van der Waals surface area contributed by atoms with Gasteiger partial charge in [0.2, 0.25) is 0 Å². The van der Waals surface area contributed by atoms with Gasteiger partial charge in [0, 0.05) is 33.0 Å². The van der Waals surface area contributed by atoms with E-state index in [0.29, 0.717) is 11.3 Å². The van der Waals surface area contributed by atoms with Gasteiger partial charge < -0.3 is 19.8 Å². The van der Waals surface area contributed by atoms with E-state index in [0.717, 1.165) is 53.9 Å². The van der Waals surface area contributed by atoms with Crippen molar-refractivity contribution in [2.75, 3.05) is 19.6 Å². The lowest BCUT2D eigenvalue weighted by atomic mass is 9.85. The van der Waals surface area contributed by atoms with Crippen LogP contribution in [0.2, 0.25) is 0 Å². The number of nitrogens with zero attached hydrogens (tertiary/aromatic N) is 1. The van der Waals surface area contributed by atoms with Crippen molar-refractivity contribution in [1.82, 2.24) is 4.90 Å². The minimum Gasteiger partial charge on any atom is -0.508 e. The monoisotopic (exact) mass is 443 g/mol. The Labute approximate surface area is 198 Å². The van der Waals surface area contributed by atoms with Crippen molar-refractivity contribution < 1.29 is 17.7 Å². The lowest BCUT2D eigenvalue weighted by molar-refractivity contribution is 0.101. The van der Waals surface area contributed by atoms with Crippen LogP contribution in [0.1, 0.15) is 51.4 Å². The molecule has 0 spiro atoms. The van der Waals surface area contributed by atoms with Crippen LogP contribution in [0.4, 0.5) is 0 Å². The standard InChI is InChI=1S/C29H31NO3/c1-3-14-30-17-21(18-30)15-20-4-6-23(7-5-20)29-28(22-8-10-24(31)11-9-22)19(2)26-13-12-25(32)16-27(26)33-29/h4-13,16,21,29,31-32H,3,14-15,17-18H2,1-2H3/i15D2. The molecule has 0 aliphatic carbocycles. The van der Waals surface area contributed by atoms with Crippen LogP contribution in [-0.4, -0.2) is 34.7 Å². The van der Waals surface area contributed by atoms with E-state index in [9.17, 15) is 10.2 Å². The van der Waals surface area contributed by atoms with Gasteiger partial charge in [-0.05, 0) is 78.7 Å². The number of phenols is 2. The van der Waals surface area contributed by atoms with Gasteiger partial charge in [0.15, 0.2) is 0 Å². The second-order valence-corrected chi connectivity index (χ2v) is 8.99. The average Bonchev–Trinajstić information content (AvgIpc) is 2.81. The molecule has 3 aromatic rings.